The van der Waals surface area contributed by atoms with Gasteiger partial charge in [0.05, 0.1) is 0 Å². The molecule has 0 bridgehead atoms. The van der Waals surface area contributed by atoms with Crippen molar-refractivity contribution in [3.63, 3.8) is 0 Å². The maximum absolute atomic E-state index is 2.57. The summed E-state index contributed by atoms with van der Waals surface area (Å²) in [4.78, 5) is 2.57. The van der Waals surface area contributed by atoms with Gasteiger partial charge in [-0.25, -0.2) is 0 Å². The maximum atomic E-state index is 2.57. The normalized spacial score (nSPS) is 13.9. The third-order valence-corrected chi connectivity index (χ3v) is 6.42. The molecule has 1 nitrogen and oxygen atoms in total. The lowest BCUT2D eigenvalue weighted by Crippen LogP contribution is -2.28. The van der Waals surface area contributed by atoms with Crippen LogP contribution in [0, 0.1) is 0 Å². The molecule has 0 fully saturated rings. The molecule has 0 amide bonds. The van der Waals surface area contributed by atoms with Gasteiger partial charge < -0.3 is 4.90 Å². The van der Waals surface area contributed by atoms with Crippen molar-refractivity contribution in [3.05, 3.63) is 102 Å². The molecule has 0 aliphatic carbocycles. The number of hydrogen-bond acceptors (Lipinski definition) is 1. The van der Waals surface area contributed by atoms with Crippen LogP contribution in [-0.2, 0) is 13.0 Å². The van der Waals surface area contributed by atoms with E-state index in [1.807, 2.05) is 0 Å². The molecule has 6 rings (SSSR count). The summed E-state index contributed by atoms with van der Waals surface area (Å²) in [6.07, 6.45) is 2.42. The quantitative estimate of drug-likeness (QED) is 0.298. The molecule has 5 aromatic rings. The molecule has 1 aliphatic heterocycles. The number of para-hydroxylation sites is 1. The van der Waals surface area contributed by atoms with E-state index < -0.39 is 0 Å². The Bertz CT molecular complexity index is 1370. The fourth-order valence-electron chi connectivity index (χ4n) is 5.05. The van der Waals surface area contributed by atoms with Crippen LogP contribution in [0.3, 0.4) is 0 Å². The highest BCUT2D eigenvalue weighted by atomic mass is 15.1. The van der Waals surface area contributed by atoms with E-state index in [9.17, 15) is 0 Å². The first-order chi connectivity index (χ1) is 14.4. The van der Waals surface area contributed by atoms with Crippen molar-refractivity contribution in [1.29, 1.82) is 0 Å². The Morgan fingerprint density at radius 1 is 0.621 bits per heavy atom. The van der Waals surface area contributed by atoms with Crippen LogP contribution in [0.2, 0.25) is 0 Å². The van der Waals surface area contributed by atoms with Gasteiger partial charge in [-0.2, -0.15) is 0 Å². The lowest BCUT2D eigenvalue weighted by Gasteiger charge is -2.32. The molecular formula is C28H23N. The van der Waals surface area contributed by atoms with Crippen LogP contribution >= 0.6 is 0 Å². The van der Waals surface area contributed by atoms with Crippen molar-refractivity contribution in [2.45, 2.75) is 19.4 Å². The van der Waals surface area contributed by atoms with Crippen molar-refractivity contribution in [2.24, 2.45) is 0 Å². The minimum atomic E-state index is 0.955. The van der Waals surface area contributed by atoms with E-state index in [0.29, 0.717) is 0 Å². The number of fused-ring (bicyclic) bond motifs is 6. The van der Waals surface area contributed by atoms with Gasteiger partial charge in [-0.05, 0) is 68.4 Å². The molecule has 1 aliphatic rings. The van der Waals surface area contributed by atoms with Crippen LogP contribution < -0.4 is 4.90 Å². The molecule has 1 heterocycles. The minimum Gasteiger partial charge on any atom is -0.367 e. The van der Waals surface area contributed by atoms with Crippen molar-refractivity contribution in [1.82, 2.24) is 0 Å². The van der Waals surface area contributed by atoms with Gasteiger partial charge >= 0.3 is 0 Å². The average molecular weight is 373 g/mol. The second kappa shape index (κ2) is 6.63. The molecule has 29 heavy (non-hydrogen) atoms. The Hall–Kier alpha value is -3.32. The van der Waals surface area contributed by atoms with E-state index in [-0.39, 0.29) is 0 Å². The summed E-state index contributed by atoms with van der Waals surface area (Å²) in [5, 5.41) is 8.10. The summed E-state index contributed by atoms with van der Waals surface area (Å²) in [6, 6.07) is 33.5. The first-order valence-corrected chi connectivity index (χ1v) is 10.5. The zero-order valence-corrected chi connectivity index (χ0v) is 16.4. The van der Waals surface area contributed by atoms with E-state index in [0.717, 1.165) is 13.1 Å². The summed E-state index contributed by atoms with van der Waals surface area (Å²) >= 11 is 0. The molecule has 0 spiro atoms. The van der Waals surface area contributed by atoms with Crippen LogP contribution in [0.25, 0.3) is 32.3 Å². The van der Waals surface area contributed by atoms with Crippen LogP contribution in [-0.4, -0.2) is 6.54 Å². The Morgan fingerprint density at radius 2 is 1.34 bits per heavy atom. The van der Waals surface area contributed by atoms with Crippen LogP contribution in [0.15, 0.2) is 91.0 Å². The van der Waals surface area contributed by atoms with Crippen molar-refractivity contribution in [3.8, 4) is 0 Å². The van der Waals surface area contributed by atoms with E-state index in [1.54, 1.807) is 0 Å². The van der Waals surface area contributed by atoms with Gasteiger partial charge in [0.2, 0.25) is 0 Å². The largest absolute Gasteiger partial charge is 0.367 e. The third-order valence-electron chi connectivity index (χ3n) is 6.42. The molecule has 0 aromatic heterocycles. The Morgan fingerprint density at radius 3 is 2.28 bits per heavy atom. The highest BCUT2D eigenvalue weighted by Gasteiger charge is 2.18. The zero-order chi connectivity index (χ0) is 19.2. The third kappa shape index (κ3) is 2.69. The summed E-state index contributed by atoms with van der Waals surface area (Å²) in [6.45, 7) is 2.08. The highest BCUT2D eigenvalue weighted by molar-refractivity contribution is 6.18. The fraction of sp³-hybridized carbons (Fsp3) is 0.143. The molecule has 140 valence electrons. The molecule has 0 atom stereocenters. The number of aryl methyl sites for hydroxylation is 1. The van der Waals surface area contributed by atoms with Crippen molar-refractivity contribution in [2.75, 3.05) is 11.4 Å². The number of nitrogens with zero attached hydrogens (tertiary/aromatic N) is 1. The van der Waals surface area contributed by atoms with E-state index in [4.69, 9.17) is 0 Å². The van der Waals surface area contributed by atoms with Crippen molar-refractivity contribution < 1.29 is 0 Å². The monoisotopic (exact) mass is 373 g/mol. The summed E-state index contributed by atoms with van der Waals surface area (Å²) in [5.41, 5.74) is 4.30. The molecule has 5 aromatic carbocycles. The van der Waals surface area contributed by atoms with Crippen molar-refractivity contribution >= 4 is 38.0 Å². The first kappa shape index (κ1) is 16.6. The van der Waals surface area contributed by atoms with Gasteiger partial charge in [0, 0.05) is 18.8 Å². The predicted molar refractivity (Wildman–Crippen MR) is 125 cm³/mol. The first-order valence-electron chi connectivity index (χ1n) is 10.5. The fourth-order valence-corrected chi connectivity index (χ4v) is 5.05. The van der Waals surface area contributed by atoms with E-state index in [2.05, 4.69) is 95.9 Å². The van der Waals surface area contributed by atoms with Gasteiger partial charge in [-0.1, -0.05) is 78.9 Å². The van der Waals surface area contributed by atoms with Gasteiger partial charge in [-0.15, -0.1) is 0 Å². The van der Waals surface area contributed by atoms with Crippen LogP contribution in [0.5, 0.6) is 0 Å². The zero-order valence-electron chi connectivity index (χ0n) is 16.4. The molecule has 0 saturated carbocycles. The molecule has 0 unspecified atom stereocenters. The molecule has 0 saturated heterocycles. The summed E-state index contributed by atoms with van der Waals surface area (Å²) < 4.78 is 0. The summed E-state index contributed by atoms with van der Waals surface area (Å²) in [7, 11) is 0. The lowest BCUT2D eigenvalue weighted by molar-refractivity contribution is 0.693. The SMILES string of the molecule is c1ccc2c(c1)CCCN2Cc1cc2c3ccccc3ccc2c2ccccc12. The molecular weight excluding hydrogens is 350 g/mol. The van der Waals surface area contributed by atoms with E-state index in [1.165, 1.54) is 62.0 Å². The standard InChI is InChI=1S/C28H23N/c1-3-11-23-20(8-1)15-16-26-25-13-5-4-12-24(25)22(18-27(23)26)19-29-17-7-10-21-9-2-6-14-28(21)29/h1-6,8-9,11-16,18H,7,10,17,19H2. The minimum absolute atomic E-state index is 0.955. The van der Waals surface area contributed by atoms with Gasteiger partial charge in [0.25, 0.3) is 0 Å². The van der Waals surface area contributed by atoms with Gasteiger partial charge in [-0.3, -0.25) is 0 Å². The smallest absolute Gasteiger partial charge is 0.0435 e. The van der Waals surface area contributed by atoms with Crippen LogP contribution in [0.4, 0.5) is 5.69 Å². The number of anilines is 1. The van der Waals surface area contributed by atoms with Gasteiger partial charge in [0.1, 0.15) is 0 Å². The van der Waals surface area contributed by atoms with Gasteiger partial charge in [0.15, 0.2) is 0 Å². The average Bonchev–Trinajstić information content (AvgIpc) is 2.79. The molecule has 1 heteroatoms. The van der Waals surface area contributed by atoms with E-state index >= 15 is 0 Å². The number of benzene rings is 5. The Kier molecular flexibility index (Phi) is 3.80. The second-order valence-corrected chi connectivity index (χ2v) is 8.12. The topological polar surface area (TPSA) is 3.24 Å². The Labute approximate surface area is 171 Å². The second-order valence-electron chi connectivity index (χ2n) is 8.12. The predicted octanol–water partition coefficient (Wildman–Crippen LogP) is 7.10. The molecule has 0 N–H and O–H groups in total. The maximum Gasteiger partial charge on any atom is 0.0435 e. The highest BCUT2D eigenvalue weighted by Crippen LogP contribution is 2.35. The molecule has 0 radical (unpaired) electrons. The summed E-state index contributed by atoms with van der Waals surface area (Å²) in [5.74, 6) is 0. The number of rotatable bonds is 2. The number of hydrogen-bond donors (Lipinski definition) is 0. The Balaban J connectivity index is 1.59. The lowest BCUT2D eigenvalue weighted by atomic mass is 9.93. The van der Waals surface area contributed by atoms with Crippen LogP contribution in [0.1, 0.15) is 17.5 Å².